The van der Waals surface area contributed by atoms with Crippen LogP contribution in [0, 0.1) is 5.92 Å². The van der Waals surface area contributed by atoms with Crippen LogP contribution in [0.3, 0.4) is 0 Å². The molecule has 0 unspecified atom stereocenters. The van der Waals surface area contributed by atoms with E-state index < -0.39 is 25.7 Å². The number of nitrogens with zero attached hydrogens (tertiary/aromatic N) is 1. The first-order valence-electron chi connectivity index (χ1n) is 13.2. The molecule has 2 amide bonds. The number of fused-ring (bicyclic) bond motifs is 2. The van der Waals surface area contributed by atoms with Crippen LogP contribution in [-0.2, 0) is 26.5 Å². The van der Waals surface area contributed by atoms with Crippen molar-refractivity contribution in [3.05, 3.63) is 59.7 Å². The zero-order chi connectivity index (χ0) is 26.4. The molecular formula is C28H36FN3O4Si. The van der Waals surface area contributed by atoms with E-state index in [1.165, 1.54) is 0 Å². The predicted molar refractivity (Wildman–Crippen MR) is 143 cm³/mol. The smallest absolute Gasteiger partial charge is 0.264 e. The number of para-hydroxylation sites is 1. The van der Waals surface area contributed by atoms with E-state index in [-0.39, 0.29) is 30.4 Å². The molecule has 0 radical (unpaired) electrons. The molecule has 2 aromatic carbocycles. The van der Waals surface area contributed by atoms with E-state index in [4.69, 9.17) is 4.74 Å². The number of aliphatic hydroxyl groups is 1. The monoisotopic (exact) mass is 525 g/mol. The van der Waals surface area contributed by atoms with Crippen molar-refractivity contribution < 1.29 is 23.5 Å². The summed E-state index contributed by atoms with van der Waals surface area (Å²) in [5.74, 6) is -0.583. The Morgan fingerprint density at radius 1 is 1.24 bits per heavy atom. The Balaban J connectivity index is 1.40. The van der Waals surface area contributed by atoms with Crippen molar-refractivity contribution >= 4 is 31.6 Å². The number of anilines is 2. The van der Waals surface area contributed by atoms with Crippen LogP contribution >= 0.6 is 0 Å². The molecule has 37 heavy (non-hydrogen) atoms. The van der Waals surface area contributed by atoms with Gasteiger partial charge >= 0.3 is 0 Å². The maximum atomic E-state index is 15.5. The molecule has 2 saturated heterocycles. The third-order valence-electron chi connectivity index (χ3n) is 8.22. The second-order valence-corrected chi connectivity index (χ2v) is 14.8. The van der Waals surface area contributed by atoms with E-state index in [2.05, 4.69) is 10.6 Å². The topological polar surface area (TPSA) is 90.9 Å². The molecule has 7 nitrogen and oxygen atoms in total. The van der Waals surface area contributed by atoms with Gasteiger partial charge < -0.3 is 29.5 Å². The molecule has 1 spiro atoms. The van der Waals surface area contributed by atoms with Gasteiger partial charge in [-0.2, -0.15) is 0 Å². The quantitative estimate of drug-likeness (QED) is 0.374. The molecule has 3 N–H and O–H groups in total. The summed E-state index contributed by atoms with van der Waals surface area (Å²) in [5, 5.41) is 15.8. The summed E-state index contributed by atoms with van der Waals surface area (Å²) in [4.78, 5) is 28.3. The number of amides is 2. The minimum Gasteiger partial charge on any atom is -0.396 e. The number of carbonyl (C=O) groups is 2. The van der Waals surface area contributed by atoms with Crippen molar-refractivity contribution in [1.82, 2.24) is 5.32 Å². The number of hydrogen-bond acceptors (Lipinski definition) is 5. The first-order chi connectivity index (χ1) is 17.7. The number of carbonyl (C=O) groups excluding carboxylic acids is 2. The van der Waals surface area contributed by atoms with Crippen LogP contribution in [0.4, 0.5) is 15.5 Å². The number of aliphatic hydroxyl groups excluding tert-OH is 1. The van der Waals surface area contributed by atoms with Crippen LogP contribution in [-0.4, -0.2) is 50.6 Å². The van der Waals surface area contributed by atoms with Gasteiger partial charge in [-0.25, -0.2) is 0 Å². The summed E-state index contributed by atoms with van der Waals surface area (Å²) in [7, 11) is -3.20. The molecular weight excluding hydrogens is 489 g/mol. The van der Waals surface area contributed by atoms with Gasteiger partial charge in [-0.05, 0) is 62.7 Å². The lowest BCUT2D eigenvalue weighted by Gasteiger charge is -2.31. The average Bonchev–Trinajstić information content (AvgIpc) is 3.55. The molecule has 2 aromatic rings. The number of halogens is 1. The van der Waals surface area contributed by atoms with Crippen molar-refractivity contribution in [1.29, 1.82) is 0 Å². The van der Waals surface area contributed by atoms with Crippen molar-refractivity contribution in [2.75, 3.05) is 23.4 Å². The SMILES string of the molecule is C[C@H]1[C@H]([Si](C)(C)F)[C@@H](CCO)O[C@]12C(=O)N(Cc1ccc(NC(=O)[C@H]3CCCN3)cc1)c1ccccc12. The Morgan fingerprint density at radius 3 is 2.62 bits per heavy atom. The fourth-order valence-corrected chi connectivity index (χ4v) is 9.11. The van der Waals surface area contributed by atoms with Gasteiger partial charge in [0.05, 0.1) is 24.4 Å². The van der Waals surface area contributed by atoms with Crippen molar-refractivity contribution in [2.24, 2.45) is 5.92 Å². The number of benzene rings is 2. The lowest BCUT2D eigenvalue weighted by atomic mass is 9.82. The van der Waals surface area contributed by atoms with Crippen molar-refractivity contribution in [3.8, 4) is 0 Å². The van der Waals surface area contributed by atoms with E-state index in [0.717, 1.165) is 36.2 Å². The van der Waals surface area contributed by atoms with E-state index in [1.807, 2.05) is 55.5 Å². The van der Waals surface area contributed by atoms with Crippen molar-refractivity contribution in [2.45, 2.75) is 69.1 Å². The lowest BCUT2D eigenvalue weighted by Crippen LogP contribution is -2.45. The van der Waals surface area contributed by atoms with Gasteiger partial charge in [0.1, 0.15) is 0 Å². The van der Waals surface area contributed by atoms with E-state index in [9.17, 15) is 14.7 Å². The fraction of sp³-hybridized carbons (Fsp3) is 0.500. The number of nitrogens with one attached hydrogen (secondary N) is 2. The molecule has 3 heterocycles. The second-order valence-electron chi connectivity index (χ2n) is 11.0. The highest BCUT2D eigenvalue weighted by Crippen LogP contribution is 2.60. The van der Waals surface area contributed by atoms with Crippen LogP contribution in [0.25, 0.3) is 0 Å². The highest BCUT2D eigenvalue weighted by atomic mass is 28.4. The third kappa shape index (κ3) is 4.52. The van der Waals surface area contributed by atoms with Crippen molar-refractivity contribution in [3.63, 3.8) is 0 Å². The van der Waals surface area contributed by atoms with Gasteiger partial charge in [-0.3, -0.25) is 9.59 Å². The minimum atomic E-state index is -3.20. The molecule has 5 rings (SSSR count). The van der Waals surface area contributed by atoms with Gasteiger partial charge in [0.25, 0.3) is 5.91 Å². The van der Waals surface area contributed by atoms with Crippen LogP contribution in [0.1, 0.15) is 37.3 Å². The van der Waals surface area contributed by atoms with E-state index >= 15 is 4.11 Å². The van der Waals surface area contributed by atoms with E-state index in [0.29, 0.717) is 18.7 Å². The molecule has 0 bridgehead atoms. The highest BCUT2D eigenvalue weighted by Gasteiger charge is 2.66. The number of ether oxygens (including phenoxy) is 1. The summed E-state index contributed by atoms with van der Waals surface area (Å²) in [6, 6.07) is 15.0. The van der Waals surface area contributed by atoms with Gasteiger partial charge in [0, 0.05) is 29.3 Å². The van der Waals surface area contributed by atoms with Crippen LogP contribution < -0.4 is 15.5 Å². The van der Waals surface area contributed by atoms with E-state index in [1.54, 1.807) is 18.0 Å². The molecule has 5 atom stereocenters. The summed E-state index contributed by atoms with van der Waals surface area (Å²) in [5.41, 5.74) is 1.49. The van der Waals surface area contributed by atoms with Crippen LogP contribution in [0.2, 0.25) is 18.6 Å². The predicted octanol–water partition coefficient (Wildman–Crippen LogP) is 4.08. The standard InChI is InChI=1S/C28H36FN3O4Si/c1-18-25(37(2,3)29)24(14-16-33)36-28(18)21-7-4-5-9-23(21)32(27(28)35)17-19-10-12-20(13-11-19)31-26(34)22-8-6-15-30-22/h4-5,7,9-13,18,22,24-25,30,33H,6,8,14-17H2,1-3H3,(H,31,34)/t18-,22+,24+,25-,28+/m0/s1. The minimum absolute atomic E-state index is 0.0328. The first-order valence-corrected chi connectivity index (χ1v) is 16.1. The molecule has 3 aliphatic rings. The third-order valence-corrected chi connectivity index (χ3v) is 10.7. The van der Waals surface area contributed by atoms with Gasteiger partial charge in [-0.15, -0.1) is 0 Å². The van der Waals surface area contributed by atoms with Crippen LogP contribution in [0.15, 0.2) is 48.5 Å². The molecule has 0 aromatic heterocycles. The molecule has 2 fully saturated rings. The largest absolute Gasteiger partial charge is 0.396 e. The maximum Gasteiger partial charge on any atom is 0.264 e. The van der Waals surface area contributed by atoms with Gasteiger partial charge in [0.15, 0.2) is 5.60 Å². The Bertz CT molecular complexity index is 1160. The zero-order valence-electron chi connectivity index (χ0n) is 21.7. The Morgan fingerprint density at radius 2 is 1.97 bits per heavy atom. The van der Waals surface area contributed by atoms with Gasteiger partial charge in [-0.1, -0.05) is 37.3 Å². The summed E-state index contributed by atoms with van der Waals surface area (Å²) in [6.07, 6.45) is 1.63. The Kier molecular flexibility index (Phi) is 6.99. The number of hydrogen-bond donors (Lipinski definition) is 3. The molecule has 0 aliphatic carbocycles. The summed E-state index contributed by atoms with van der Waals surface area (Å²) >= 11 is 0. The maximum absolute atomic E-state index is 15.5. The average molecular weight is 526 g/mol. The molecule has 0 saturated carbocycles. The highest BCUT2D eigenvalue weighted by molar-refractivity contribution is 6.72. The Hall–Kier alpha value is -2.59. The second kappa shape index (κ2) is 9.94. The normalized spacial score (nSPS) is 29.2. The summed E-state index contributed by atoms with van der Waals surface area (Å²) in [6.45, 7) is 6.32. The molecule has 198 valence electrons. The molecule has 9 heteroatoms. The first kappa shape index (κ1) is 26.0. The Labute approximate surface area is 218 Å². The summed E-state index contributed by atoms with van der Waals surface area (Å²) < 4.78 is 22.1. The lowest BCUT2D eigenvalue weighted by molar-refractivity contribution is -0.146. The van der Waals surface area contributed by atoms with Crippen LogP contribution in [0.5, 0.6) is 0 Å². The van der Waals surface area contributed by atoms with Gasteiger partial charge in [0.2, 0.25) is 14.3 Å². The number of rotatable bonds is 7. The fourth-order valence-electron chi connectivity index (χ4n) is 6.57. The zero-order valence-corrected chi connectivity index (χ0v) is 22.7. The molecule has 3 aliphatic heterocycles.